The Bertz CT molecular complexity index is 1760. The molecule has 0 heterocycles. The van der Waals surface area contributed by atoms with Crippen LogP contribution in [-0.4, -0.2) is 6.04 Å². The van der Waals surface area contributed by atoms with Gasteiger partial charge in [0.05, 0.1) is 11.5 Å². The van der Waals surface area contributed by atoms with Gasteiger partial charge in [0.1, 0.15) is 0 Å². The minimum atomic E-state index is -0.305. The van der Waals surface area contributed by atoms with E-state index in [0.29, 0.717) is 0 Å². The zero-order chi connectivity index (χ0) is 26.0. The maximum atomic E-state index is 3.81. The third-order valence-electron chi connectivity index (χ3n) is 8.88. The number of anilines is 1. The largest absolute Gasteiger partial charge is 0.378 e. The van der Waals surface area contributed by atoms with Crippen LogP contribution >= 0.6 is 0 Å². The van der Waals surface area contributed by atoms with E-state index in [9.17, 15) is 0 Å². The maximum Gasteiger partial charge on any atom is 0.0725 e. The predicted molar refractivity (Wildman–Crippen MR) is 163 cm³/mol. The molecule has 0 saturated carbocycles. The lowest BCUT2D eigenvalue weighted by Crippen LogP contribution is -2.26. The van der Waals surface area contributed by atoms with Crippen LogP contribution in [0.1, 0.15) is 39.8 Å². The van der Waals surface area contributed by atoms with Crippen molar-refractivity contribution in [1.29, 1.82) is 0 Å². The van der Waals surface area contributed by atoms with Crippen molar-refractivity contribution in [2.45, 2.75) is 24.8 Å². The summed E-state index contributed by atoms with van der Waals surface area (Å²) < 4.78 is 0. The normalized spacial score (nSPS) is 17.3. The molecule has 0 bridgehead atoms. The standard InChI is InChI=1S/C38H29N/c1-25-18-21-27(22-19-25)39-37-17-9-5-10-28(37)26-20-23-32-31-13-4-8-16-35(31)38(36(32)24-26)33-14-6-2-11-29(33)30-12-3-7-15-34(30)38/h2-16,18-24,37,39H,17H2,1H3. The molecule has 1 heteroatoms. The Labute approximate surface area is 230 Å². The number of aryl methyl sites for hydroxylation is 1. The number of benzene rings is 5. The van der Waals surface area contributed by atoms with Crippen LogP contribution in [0.3, 0.4) is 0 Å². The van der Waals surface area contributed by atoms with Crippen LogP contribution < -0.4 is 5.32 Å². The Balaban J connectivity index is 1.34. The summed E-state index contributed by atoms with van der Waals surface area (Å²) in [6.45, 7) is 2.14. The maximum absolute atomic E-state index is 3.81. The number of fused-ring (bicyclic) bond motifs is 10. The van der Waals surface area contributed by atoms with Gasteiger partial charge in [-0.15, -0.1) is 0 Å². The molecule has 0 amide bonds. The highest BCUT2D eigenvalue weighted by Crippen LogP contribution is 2.62. The van der Waals surface area contributed by atoms with E-state index in [1.54, 1.807) is 0 Å². The Morgan fingerprint density at radius 1 is 0.615 bits per heavy atom. The van der Waals surface area contributed by atoms with Gasteiger partial charge < -0.3 is 5.32 Å². The lowest BCUT2D eigenvalue weighted by atomic mass is 9.70. The Kier molecular flexibility index (Phi) is 4.84. The molecule has 1 nitrogen and oxygen atoms in total. The number of rotatable bonds is 3. The first-order valence-electron chi connectivity index (χ1n) is 13.9. The number of allylic oxidation sites excluding steroid dienone is 2. The number of hydrogen-bond acceptors (Lipinski definition) is 1. The quantitative estimate of drug-likeness (QED) is 0.256. The molecule has 0 aromatic heterocycles. The highest BCUT2D eigenvalue weighted by molar-refractivity contribution is 5.95. The highest BCUT2D eigenvalue weighted by Gasteiger charge is 2.51. The summed E-state index contributed by atoms with van der Waals surface area (Å²) in [5.74, 6) is 0. The van der Waals surface area contributed by atoms with Crippen molar-refractivity contribution in [3.8, 4) is 22.3 Å². The molecule has 5 aromatic carbocycles. The van der Waals surface area contributed by atoms with Gasteiger partial charge in [-0.1, -0.05) is 121 Å². The van der Waals surface area contributed by atoms with Gasteiger partial charge in [-0.2, -0.15) is 0 Å². The van der Waals surface area contributed by atoms with Crippen molar-refractivity contribution in [3.63, 3.8) is 0 Å². The molecule has 8 rings (SSSR count). The minimum absolute atomic E-state index is 0.221. The second kappa shape index (κ2) is 8.44. The van der Waals surface area contributed by atoms with Gasteiger partial charge >= 0.3 is 0 Å². The molecule has 186 valence electrons. The summed E-state index contributed by atoms with van der Waals surface area (Å²) in [5.41, 5.74) is 15.7. The minimum Gasteiger partial charge on any atom is -0.378 e. The van der Waals surface area contributed by atoms with Crippen LogP contribution in [0.15, 0.2) is 133 Å². The topological polar surface area (TPSA) is 12.0 Å². The van der Waals surface area contributed by atoms with Crippen molar-refractivity contribution >= 4 is 11.3 Å². The van der Waals surface area contributed by atoms with Gasteiger partial charge in [0.15, 0.2) is 0 Å². The third-order valence-corrected chi connectivity index (χ3v) is 8.88. The summed E-state index contributed by atoms with van der Waals surface area (Å²) >= 11 is 0. The van der Waals surface area contributed by atoms with E-state index in [4.69, 9.17) is 0 Å². The summed E-state index contributed by atoms with van der Waals surface area (Å²) in [7, 11) is 0. The number of nitrogens with one attached hydrogen (secondary N) is 1. The lowest BCUT2D eigenvalue weighted by Gasteiger charge is -2.31. The van der Waals surface area contributed by atoms with Gasteiger partial charge in [-0.25, -0.2) is 0 Å². The highest BCUT2D eigenvalue weighted by atomic mass is 14.9. The van der Waals surface area contributed by atoms with E-state index in [0.717, 1.165) is 12.1 Å². The van der Waals surface area contributed by atoms with Crippen molar-refractivity contribution in [3.05, 3.63) is 167 Å². The molecule has 3 aliphatic carbocycles. The zero-order valence-corrected chi connectivity index (χ0v) is 22.0. The first-order chi connectivity index (χ1) is 19.2. The molecule has 1 N–H and O–H groups in total. The van der Waals surface area contributed by atoms with E-state index < -0.39 is 0 Å². The van der Waals surface area contributed by atoms with Gasteiger partial charge in [-0.05, 0) is 87.2 Å². The molecule has 0 radical (unpaired) electrons. The van der Waals surface area contributed by atoms with E-state index in [2.05, 4.69) is 146 Å². The smallest absolute Gasteiger partial charge is 0.0725 e. The number of hydrogen-bond donors (Lipinski definition) is 1. The molecule has 5 aromatic rings. The Morgan fingerprint density at radius 3 is 1.79 bits per heavy atom. The Morgan fingerprint density at radius 2 is 1.18 bits per heavy atom. The van der Waals surface area contributed by atoms with Crippen molar-refractivity contribution in [1.82, 2.24) is 0 Å². The first kappa shape index (κ1) is 22.4. The van der Waals surface area contributed by atoms with E-state index in [-0.39, 0.29) is 11.5 Å². The van der Waals surface area contributed by atoms with Gasteiger partial charge in [-0.3, -0.25) is 0 Å². The lowest BCUT2D eigenvalue weighted by molar-refractivity contribution is 0.792. The molecule has 0 saturated heterocycles. The monoisotopic (exact) mass is 499 g/mol. The molecule has 1 unspecified atom stereocenters. The fraction of sp³-hybridized carbons (Fsp3) is 0.105. The SMILES string of the molecule is Cc1ccc(NC2CC=CC=C2c2ccc3c(c2)C2(c4ccccc4-c4ccccc42)c2ccccc2-3)cc1. The summed E-state index contributed by atoms with van der Waals surface area (Å²) in [4.78, 5) is 0. The van der Waals surface area contributed by atoms with E-state index >= 15 is 0 Å². The van der Waals surface area contributed by atoms with Crippen LogP contribution in [0, 0.1) is 6.92 Å². The average Bonchev–Trinajstić information content (AvgIpc) is 3.46. The summed E-state index contributed by atoms with van der Waals surface area (Å²) in [6, 6.07) is 43.2. The molecule has 3 aliphatic rings. The van der Waals surface area contributed by atoms with E-state index in [1.165, 1.54) is 61.2 Å². The van der Waals surface area contributed by atoms with Gasteiger partial charge in [0, 0.05) is 5.69 Å². The predicted octanol–water partition coefficient (Wildman–Crippen LogP) is 9.16. The molecular formula is C38H29N. The average molecular weight is 500 g/mol. The van der Waals surface area contributed by atoms with Gasteiger partial charge in [0.2, 0.25) is 0 Å². The molecule has 1 atom stereocenters. The third kappa shape index (κ3) is 3.14. The van der Waals surface area contributed by atoms with Crippen LogP contribution in [0.2, 0.25) is 0 Å². The van der Waals surface area contributed by atoms with Crippen molar-refractivity contribution < 1.29 is 0 Å². The van der Waals surface area contributed by atoms with Crippen LogP contribution in [0.25, 0.3) is 27.8 Å². The molecule has 0 fully saturated rings. The van der Waals surface area contributed by atoms with Crippen molar-refractivity contribution in [2.75, 3.05) is 5.32 Å². The molecule has 1 spiro atoms. The van der Waals surface area contributed by atoms with Crippen LogP contribution in [-0.2, 0) is 5.41 Å². The van der Waals surface area contributed by atoms with E-state index in [1.807, 2.05) is 0 Å². The Hall–Kier alpha value is -4.62. The van der Waals surface area contributed by atoms with Crippen molar-refractivity contribution in [2.24, 2.45) is 0 Å². The summed E-state index contributed by atoms with van der Waals surface area (Å²) in [6.07, 6.45) is 7.74. The summed E-state index contributed by atoms with van der Waals surface area (Å²) in [5, 5.41) is 3.81. The van der Waals surface area contributed by atoms with Crippen LogP contribution in [0.5, 0.6) is 0 Å². The van der Waals surface area contributed by atoms with Gasteiger partial charge in [0.25, 0.3) is 0 Å². The molecular weight excluding hydrogens is 470 g/mol. The second-order valence-corrected chi connectivity index (χ2v) is 11.0. The molecule has 0 aliphatic heterocycles. The first-order valence-corrected chi connectivity index (χ1v) is 13.9. The second-order valence-electron chi connectivity index (χ2n) is 11.0. The fourth-order valence-electron chi connectivity index (χ4n) is 7.19. The van der Waals surface area contributed by atoms with Crippen LogP contribution in [0.4, 0.5) is 5.69 Å². The molecule has 39 heavy (non-hydrogen) atoms. The fourth-order valence-corrected chi connectivity index (χ4v) is 7.19. The zero-order valence-electron chi connectivity index (χ0n) is 22.0.